The molecule has 6 nitrogen and oxygen atoms in total. The molecule has 3 rings (SSSR count). The van der Waals surface area contributed by atoms with Crippen LogP contribution < -0.4 is 10.7 Å². The van der Waals surface area contributed by atoms with Crippen LogP contribution in [0.2, 0.25) is 0 Å². The molecule has 0 unspecified atom stereocenters. The van der Waals surface area contributed by atoms with Gasteiger partial charge in [0, 0.05) is 13.2 Å². The van der Waals surface area contributed by atoms with E-state index >= 15 is 0 Å². The van der Waals surface area contributed by atoms with Crippen molar-refractivity contribution in [3.63, 3.8) is 0 Å². The molecule has 2 aromatic rings. The Bertz CT molecular complexity index is 684. The fraction of sp³-hybridized carbons (Fsp3) is 0.333. The molecule has 22 heavy (non-hydrogen) atoms. The van der Waals surface area contributed by atoms with E-state index < -0.39 is 0 Å². The van der Waals surface area contributed by atoms with E-state index in [2.05, 4.69) is 25.8 Å². The second-order valence-corrected chi connectivity index (χ2v) is 5.41. The molecule has 1 atom stereocenters. The third kappa shape index (κ3) is 3.96. The van der Waals surface area contributed by atoms with Crippen molar-refractivity contribution in [3.05, 3.63) is 36.2 Å². The van der Waals surface area contributed by atoms with Crippen molar-refractivity contribution < 1.29 is 4.74 Å². The average Bonchev–Trinajstić information content (AvgIpc) is 3.06. The summed E-state index contributed by atoms with van der Waals surface area (Å²) in [7, 11) is 0. The molecule has 114 valence electrons. The average molecular weight is 315 g/mol. The smallest absolute Gasteiger partial charge is 0.187 e. The number of para-hydroxylation sites is 2. The number of nitrogens with zero attached hydrogens (tertiary/aromatic N) is 3. The lowest BCUT2D eigenvalue weighted by Gasteiger charge is -2.11. The Morgan fingerprint density at radius 1 is 1.41 bits per heavy atom. The molecule has 0 radical (unpaired) electrons. The summed E-state index contributed by atoms with van der Waals surface area (Å²) < 4.78 is 5.51. The highest BCUT2D eigenvalue weighted by molar-refractivity contribution is 7.80. The van der Waals surface area contributed by atoms with Crippen LogP contribution in [0.3, 0.4) is 0 Å². The maximum absolute atomic E-state index is 5.51. The normalized spacial score (nSPS) is 17.9. The van der Waals surface area contributed by atoms with Gasteiger partial charge in [0.05, 0.1) is 29.5 Å². The number of hydrogen-bond acceptors (Lipinski definition) is 5. The lowest BCUT2D eigenvalue weighted by atomic mass is 10.2. The van der Waals surface area contributed by atoms with Crippen molar-refractivity contribution in [3.8, 4) is 0 Å². The highest BCUT2D eigenvalue weighted by atomic mass is 32.1. The third-order valence-electron chi connectivity index (χ3n) is 3.34. The monoisotopic (exact) mass is 315 g/mol. The summed E-state index contributed by atoms with van der Waals surface area (Å²) in [5.41, 5.74) is 5.14. The summed E-state index contributed by atoms with van der Waals surface area (Å²) in [4.78, 5) is 8.77. The van der Waals surface area contributed by atoms with Crippen LogP contribution in [0.15, 0.2) is 35.6 Å². The van der Waals surface area contributed by atoms with Gasteiger partial charge in [-0.15, -0.1) is 0 Å². The molecule has 1 aromatic heterocycles. The van der Waals surface area contributed by atoms with E-state index in [1.54, 1.807) is 12.4 Å². The van der Waals surface area contributed by atoms with E-state index in [4.69, 9.17) is 17.0 Å². The van der Waals surface area contributed by atoms with Gasteiger partial charge in [0.25, 0.3) is 0 Å². The molecule has 2 N–H and O–H groups in total. The van der Waals surface area contributed by atoms with E-state index in [-0.39, 0.29) is 6.10 Å². The second kappa shape index (κ2) is 7.24. The Hall–Kier alpha value is -2.12. The number of fused-ring (bicyclic) bond motifs is 1. The molecule has 0 spiro atoms. The number of nitrogens with one attached hydrogen (secondary N) is 2. The van der Waals surface area contributed by atoms with E-state index in [1.165, 1.54) is 0 Å². The van der Waals surface area contributed by atoms with Gasteiger partial charge in [-0.05, 0) is 37.2 Å². The third-order valence-corrected chi connectivity index (χ3v) is 3.58. The van der Waals surface area contributed by atoms with Gasteiger partial charge in [0.1, 0.15) is 5.69 Å². The minimum absolute atomic E-state index is 0.245. The lowest BCUT2D eigenvalue weighted by Crippen LogP contribution is -2.37. The molecule has 0 saturated carbocycles. The van der Waals surface area contributed by atoms with Gasteiger partial charge in [-0.1, -0.05) is 12.1 Å². The molecule has 1 aliphatic heterocycles. The zero-order chi connectivity index (χ0) is 15.2. The van der Waals surface area contributed by atoms with E-state index in [0.717, 1.165) is 30.5 Å². The van der Waals surface area contributed by atoms with Crippen LogP contribution in [0.4, 0.5) is 0 Å². The molecule has 1 aliphatic rings. The van der Waals surface area contributed by atoms with Gasteiger partial charge >= 0.3 is 0 Å². The molecule has 0 bridgehead atoms. The summed E-state index contributed by atoms with van der Waals surface area (Å²) >= 11 is 5.15. The standard InChI is InChI=1S/C15H17N5OS/c22-15(17-10-12-4-3-7-21-12)20-18-9-11-8-16-13-5-1-2-6-14(13)19-11/h1-2,5-6,8-9,12H,3-4,7,10H2,(H2,17,20,22)/b18-9-/t12-/m1/s1. The number of hydrogen-bond donors (Lipinski definition) is 2. The molecule has 1 aromatic carbocycles. The van der Waals surface area contributed by atoms with Crippen LogP contribution in [0.5, 0.6) is 0 Å². The highest BCUT2D eigenvalue weighted by Gasteiger charge is 2.14. The molecular weight excluding hydrogens is 298 g/mol. The van der Waals surface area contributed by atoms with Gasteiger partial charge in [-0.25, -0.2) is 4.98 Å². The van der Waals surface area contributed by atoms with Gasteiger partial charge in [0.15, 0.2) is 5.11 Å². The van der Waals surface area contributed by atoms with Gasteiger partial charge in [-0.3, -0.25) is 10.4 Å². The Morgan fingerprint density at radius 2 is 2.27 bits per heavy atom. The van der Waals surface area contributed by atoms with Gasteiger partial charge in [0.2, 0.25) is 0 Å². The minimum Gasteiger partial charge on any atom is -0.376 e. The van der Waals surface area contributed by atoms with E-state index in [0.29, 0.717) is 17.4 Å². The first-order chi connectivity index (χ1) is 10.8. The van der Waals surface area contributed by atoms with Crippen LogP contribution >= 0.6 is 12.2 Å². The van der Waals surface area contributed by atoms with Gasteiger partial charge in [-0.2, -0.15) is 5.10 Å². The summed E-state index contributed by atoms with van der Waals surface area (Å²) in [6, 6.07) is 7.71. The quantitative estimate of drug-likeness (QED) is 0.507. The number of benzene rings is 1. The maximum atomic E-state index is 5.51. The topological polar surface area (TPSA) is 71.4 Å². The fourth-order valence-electron chi connectivity index (χ4n) is 2.24. The predicted octanol–water partition coefficient (Wildman–Crippen LogP) is 1.61. The minimum atomic E-state index is 0.245. The molecule has 1 fully saturated rings. The van der Waals surface area contributed by atoms with E-state index in [9.17, 15) is 0 Å². The zero-order valence-corrected chi connectivity index (χ0v) is 12.8. The predicted molar refractivity (Wildman–Crippen MR) is 89.8 cm³/mol. The molecule has 0 amide bonds. The summed E-state index contributed by atoms with van der Waals surface area (Å²) in [5, 5.41) is 7.63. The van der Waals surface area contributed by atoms with Crippen molar-refractivity contribution in [2.75, 3.05) is 13.2 Å². The Morgan fingerprint density at radius 3 is 3.09 bits per heavy atom. The fourth-order valence-corrected chi connectivity index (χ4v) is 2.38. The SMILES string of the molecule is S=C(NC[C@H]1CCCO1)N/N=C\c1cnc2ccccc2n1. The Kier molecular flexibility index (Phi) is 4.87. The first kappa shape index (κ1) is 14.8. The number of hydrazone groups is 1. The van der Waals surface area contributed by atoms with Crippen LogP contribution in [-0.2, 0) is 4.74 Å². The van der Waals surface area contributed by atoms with Crippen molar-refractivity contribution in [2.45, 2.75) is 18.9 Å². The number of rotatable bonds is 4. The van der Waals surface area contributed by atoms with Crippen molar-refractivity contribution >= 4 is 34.6 Å². The molecule has 2 heterocycles. The van der Waals surface area contributed by atoms with Crippen LogP contribution in [0, 0.1) is 0 Å². The first-order valence-corrected chi connectivity index (χ1v) is 7.62. The van der Waals surface area contributed by atoms with Crippen molar-refractivity contribution in [2.24, 2.45) is 5.10 Å². The molecule has 0 aliphatic carbocycles. The second-order valence-electron chi connectivity index (χ2n) is 5.00. The van der Waals surface area contributed by atoms with Crippen LogP contribution in [0.1, 0.15) is 18.5 Å². The number of ether oxygens (including phenoxy) is 1. The Balaban J connectivity index is 1.50. The largest absolute Gasteiger partial charge is 0.376 e. The maximum Gasteiger partial charge on any atom is 0.187 e. The van der Waals surface area contributed by atoms with E-state index in [1.807, 2.05) is 24.3 Å². The lowest BCUT2D eigenvalue weighted by molar-refractivity contribution is 0.114. The number of thiocarbonyl (C=S) groups is 1. The number of aromatic nitrogens is 2. The van der Waals surface area contributed by atoms with Gasteiger partial charge < -0.3 is 10.1 Å². The molecule has 1 saturated heterocycles. The first-order valence-electron chi connectivity index (χ1n) is 7.21. The van der Waals surface area contributed by atoms with Crippen molar-refractivity contribution in [1.29, 1.82) is 0 Å². The summed E-state index contributed by atoms with van der Waals surface area (Å²) in [5.74, 6) is 0. The zero-order valence-electron chi connectivity index (χ0n) is 12.0. The highest BCUT2D eigenvalue weighted by Crippen LogP contribution is 2.10. The Labute approximate surface area is 134 Å². The molecular formula is C15H17N5OS. The van der Waals surface area contributed by atoms with Crippen LogP contribution in [-0.4, -0.2) is 40.6 Å². The van der Waals surface area contributed by atoms with Crippen molar-refractivity contribution in [1.82, 2.24) is 20.7 Å². The summed E-state index contributed by atoms with van der Waals surface area (Å²) in [6.07, 6.45) is 5.71. The van der Waals surface area contributed by atoms with Crippen LogP contribution in [0.25, 0.3) is 11.0 Å². The molecule has 7 heteroatoms. The summed E-state index contributed by atoms with van der Waals surface area (Å²) in [6.45, 7) is 1.54.